The first-order valence-corrected chi connectivity index (χ1v) is 13.7. The minimum absolute atomic E-state index is 0.000131. The van der Waals surface area contributed by atoms with Crippen LogP contribution in [0, 0.1) is 11.7 Å². The maximum atomic E-state index is 14.8. The van der Waals surface area contributed by atoms with Crippen molar-refractivity contribution in [1.82, 2.24) is 14.7 Å². The van der Waals surface area contributed by atoms with E-state index in [2.05, 4.69) is 0 Å². The molecule has 2 aliphatic heterocycles. The second kappa shape index (κ2) is 12.3. The summed E-state index contributed by atoms with van der Waals surface area (Å²) >= 11 is 1.26. The first kappa shape index (κ1) is 27.5. The summed E-state index contributed by atoms with van der Waals surface area (Å²) in [5.41, 5.74) is 1.36. The van der Waals surface area contributed by atoms with Crippen LogP contribution in [0.25, 0.3) is 0 Å². The number of carbonyl (C=O) groups excluding carboxylic acids is 3. The smallest absolute Gasteiger partial charge is 0.304 e. The number of nitrogens with zero attached hydrogens (tertiary/aromatic N) is 3. The third-order valence-electron chi connectivity index (χ3n) is 7.21. The Morgan fingerprint density at radius 3 is 2.54 bits per heavy atom. The fourth-order valence-corrected chi connectivity index (χ4v) is 6.02. The molecule has 37 heavy (non-hydrogen) atoms. The lowest BCUT2D eigenvalue weighted by molar-refractivity contribution is -0.140. The van der Waals surface area contributed by atoms with Crippen LogP contribution in [0.15, 0.2) is 35.9 Å². The number of carboxylic acids is 1. The second-order valence-electron chi connectivity index (χ2n) is 10.00. The van der Waals surface area contributed by atoms with E-state index in [9.17, 15) is 23.6 Å². The zero-order chi connectivity index (χ0) is 26.5. The molecule has 4 rings (SSSR count). The number of aliphatic carboxylic acids is 1. The molecule has 0 spiro atoms. The van der Waals surface area contributed by atoms with Crippen LogP contribution in [0.2, 0.25) is 0 Å². The zero-order valence-corrected chi connectivity index (χ0v) is 21.9. The lowest BCUT2D eigenvalue weighted by Gasteiger charge is -2.39. The fourth-order valence-electron chi connectivity index (χ4n) is 5.08. The Balaban J connectivity index is 1.49. The summed E-state index contributed by atoms with van der Waals surface area (Å²) in [5, 5.41) is 8.84. The van der Waals surface area contributed by atoms with Crippen LogP contribution in [-0.4, -0.2) is 93.6 Å². The molecule has 2 unspecified atom stereocenters. The summed E-state index contributed by atoms with van der Waals surface area (Å²) in [7, 11) is 0. The topological polar surface area (TPSA) is 98.2 Å². The summed E-state index contributed by atoms with van der Waals surface area (Å²) in [4.78, 5) is 54.4. The number of amides is 1. The van der Waals surface area contributed by atoms with Crippen molar-refractivity contribution in [2.75, 3.05) is 45.8 Å². The van der Waals surface area contributed by atoms with Crippen molar-refractivity contribution in [3.05, 3.63) is 47.3 Å². The molecule has 1 amide bonds. The molecule has 2 saturated heterocycles. The van der Waals surface area contributed by atoms with E-state index < -0.39 is 17.8 Å². The molecular formula is C27H34FN3O5S. The van der Waals surface area contributed by atoms with Crippen molar-refractivity contribution in [2.45, 2.75) is 43.9 Å². The molecule has 2 atom stereocenters. The first-order chi connectivity index (χ1) is 17.7. The molecular weight excluding hydrogens is 497 g/mol. The molecule has 1 N–H and O–H groups in total. The van der Waals surface area contributed by atoms with Crippen LogP contribution >= 0.6 is 11.8 Å². The number of carbonyl (C=O) groups is 4. The number of Topliss-reactive ketones (excluding diaryl/α,β-unsaturated/α-hetero) is 1. The van der Waals surface area contributed by atoms with Gasteiger partial charge in [-0.15, -0.1) is 0 Å². The van der Waals surface area contributed by atoms with Crippen LogP contribution in [-0.2, 0) is 19.2 Å². The van der Waals surface area contributed by atoms with E-state index in [1.54, 1.807) is 23.1 Å². The maximum absolute atomic E-state index is 14.8. The molecule has 1 aromatic rings. The lowest BCUT2D eigenvalue weighted by Crippen LogP contribution is -2.50. The summed E-state index contributed by atoms with van der Waals surface area (Å²) in [6.07, 6.45) is 4.31. The number of carboxylic acid groups (broad SMARTS) is 1. The highest BCUT2D eigenvalue weighted by Gasteiger charge is 2.41. The predicted octanol–water partition coefficient (Wildman–Crippen LogP) is 2.75. The number of piperidine rings is 1. The molecule has 200 valence electrons. The number of rotatable bonds is 10. The molecule has 3 aliphatic rings. The van der Waals surface area contributed by atoms with Crippen LogP contribution in [0.4, 0.5) is 4.39 Å². The SMILES string of the molecule is CC(=O)SC1CCN(C(C(=O)C2CC2)c2ccccc2F)C/C1=C\CN1CCN(CCC(=O)O)CC1=O. The Bertz CT molecular complexity index is 1080. The Morgan fingerprint density at radius 1 is 1.14 bits per heavy atom. The molecule has 0 bridgehead atoms. The molecule has 2 heterocycles. The normalized spacial score (nSPS) is 23.3. The third-order valence-corrected chi connectivity index (χ3v) is 8.37. The zero-order valence-electron chi connectivity index (χ0n) is 21.1. The molecule has 0 aromatic heterocycles. The summed E-state index contributed by atoms with van der Waals surface area (Å²) < 4.78 is 14.8. The molecule has 8 nitrogen and oxygen atoms in total. The fraction of sp³-hybridized carbons (Fsp3) is 0.556. The minimum Gasteiger partial charge on any atom is -0.481 e. The Kier molecular flexibility index (Phi) is 9.15. The van der Waals surface area contributed by atoms with Gasteiger partial charge in [0, 0.05) is 62.9 Å². The van der Waals surface area contributed by atoms with Gasteiger partial charge in [-0.2, -0.15) is 0 Å². The lowest BCUT2D eigenvalue weighted by atomic mass is 9.93. The average Bonchev–Trinajstić information content (AvgIpc) is 3.70. The van der Waals surface area contributed by atoms with E-state index in [4.69, 9.17) is 5.11 Å². The van der Waals surface area contributed by atoms with Crippen LogP contribution in [0.3, 0.4) is 0 Å². The molecule has 0 radical (unpaired) electrons. The second-order valence-corrected chi connectivity index (χ2v) is 11.4. The van der Waals surface area contributed by atoms with Gasteiger partial charge in [0.1, 0.15) is 5.82 Å². The minimum atomic E-state index is -0.885. The number of hydrogen-bond donors (Lipinski definition) is 1. The molecule has 3 fully saturated rings. The van der Waals surface area contributed by atoms with Crippen molar-refractivity contribution < 1.29 is 28.7 Å². The van der Waals surface area contributed by atoms with Gasteiger partial charge in [0.2, 0.25) is 5.91 Å². The van der Waals surface area contributed by atoms with E-state index in [1.165, 1.54) is 24.8 Å². The quantitative estimate of drug-likeness (QED) is 0.461. The van der Waals surface area contributed by atoms with Gasteiger partial charge in [0.05, 0.1) is 19.0 Å². The van der Waals surface area contributed by atoms with E-state index >= 15 is 0 Å². The maximum Gasteiger partial charge on any atom is 0.304 e. The van der Waals surface area contributed by atoms with Gasteiger partial charge < -0.3 is 10.0 Å². The Morgan fingerprint density at radius 2 is 1.89 bits per heavy atom. The summed E-state index contributed by atoms with van der Waals surface area (Å²) in [5.74, 6) is -1.32. The largest absolute Gasteiger partial charge is 0.481 e. The van der Waals surface area contributed by atoms with Crippen molar-refractivity contribution in [3.63, 3.8) is 0 Å². The standard InChI is InChI=1S/C27H34FN3O5S/c1-18(32)37-23-9-13-31(26(27(36)19-6-7-19)21-4-2-3-5-22(21)28)16-20(23)8-12-30-15-14-29(17-24(30)33)11-10-25(34)35/h2-5,8,19,23,26H,6-7,9-17H2,1H3,(H,34,35)/b20-8+. The average molecular weight is 532 g/mol. The van der Waals surface area contributed by atoms with Crippen LogP contribution < -0.4 is 0 Å². The Labute approximate surface area is 220 Å². The summed E-state index contributed by atoms with van der Waals surface area (Å²) in [6, 6.07) is 5.78. The van der Waals surface area contributed by atoms with Gasteiger partial charge in [-0.3, -0.25) is 29.0 Å². The highest BCUT2D eigenvalue weighted by Crippen LogP contribution is 2.40. The van der Waals surface area contributed by atoms with Crippen molar-refractivity contribution in [2.24, 2.45) is 5.92 Å². The highest BCUT2D eigenvalue weighted by atomic mass is 32.2. The number of hydrogen-bond acceptors (Lipinski definition) is 7. The first-order valence-electron chi connectivity index (χ1n) is 12.8. The van der Waals surface area contributed by atoms with E-state index in [-0.39, 0.29) is 40.9 Å². The number of benzene rings is 1. The number of piperazine rings is 1. The van der Waals surface area contributed by atoms with Crippen molar-refractivity contribution in [1.29, 1.82) is 0 Å². The van der Waals surface area contributed by atoms with Crippen molar-refractivity contribution >= 4 is 34.5 Å². The van der Waals surface area contributed by atoms with Gasteiger partial charge >= 0.3 is 5.97 Å². The predicted molar refractivity (Wildman–Crippen MR) is 138 cm³/mol. The van der Waals surface area contributed by atoms with E-state index in [1.807, 2.05) is 15.9 Å². The summed E-state index contributed by atoms with van der Waals surface area (Å²) in [6.45, 7) is 4.53. The number of likely N-dealkylation sites (tertiary alicyclic amines) is 1. The Hall–Kier alpha value is -2.56. The monoisotopic (exact) mass is 531 g/mol. The number of halogens is 1. The van der Waals surface area contributed by atoms with Gasteiger partial charge in [-0.05, 0) is 30.9 Å². The molecule has 1 saturated carbocycles. The number of ketones is 1. The van der Waals surface area contributed by atoms with Crippen LogP contribution in [0.5, 0.6) is 0 Å². The number of thioether (sulfide) groups is 1. The van der Waals surface area contributed by atoms with Gasteiger partial charge in [-0.25, -0.2) is 4.39 Å². The van der Waals surface area contributed by atoms with E-state index in [0.717, 1.165) is 18.4 Å². The van der Waals surface area contributed by atoms with Crippen LogP contribution in [0.1, 0.15) is 44.2 Å². The van der Waals surface area contributed by atoms with Gasteiger partial charge in [0.25, 0.3) is 0 Å². The van der Waals surface area contributed by atoms with E-state index in [0.29, 0.717) is 51.3 Å². The van der Waals surface area contributed by atoms with Crippen molar-refractivity contribution in [3.8, 4) is 0 Å². The molecule has 10 heteroatoms. The third kappa shape index (κ3) is 7.27. The molecule has 1 aromatic carbocycles. The van der Waals surface area contributed by atoms with Gasteiger partial charge in [-0.1, -0.05) is 36.0 Å². The highest BCUT2D eigenvalue weighted by molar-refractivity contribution is 8.14. The van der Waals surface area contributed by atoms with Gasteiger partial charge in [0.15, 0.2) is 10.9 Å². The molecule has 1 aliphatic carbocycles.